The molecule has 1 saturated carbocycles. The molecule has 2 unspecified atom stereocenters. The molecule has 1 heterocycles. The highest BCUT2D eigenvalue weighted by Gasteiger charge is 2.57. The molecule has 0 bridgehead atoms. The minimum atomic E-state index is -0.0704. The number of hydrogen-bond donors (Lipinski definition) is 2. The zero-order valence-electron chi connectivity index (χ0n) is 17.6. The molecule has 1 spiro atoms. The van der Waals surface area contributed by atoms with Crippen LogP contribution in [0.5, 0.6) is 11.5 Å². The Morgan fingerprint density at radius 2 is 1.90 bits per heavy atom. The van der Waals surface area contributed by atoms with Crippen molar-refractivity contribution in [1.29, 1.82) is 0 Å². The Kier molecular flexibility index (Phi) is 7.27. The Bertz CT molecular complexity index is 853. The van der Waals surface area contributed by atoms with Crippen LogP contribution < -0.4 is 20.1 Å². The van der Waals surface area contributed by atoms with Crippen LogP contribution in [0.1, 0.15) is 43.4 Å². The van der Waals surface area contributed by atoms with E-state index in [4.69, 9.17) is 9.47 Å². The molecule has 5 nitrogen and oxygen atoms in total. The van der Waals surface area contributed by atoms with Gasteiger partial charge in [0.1, 0.15) is 6.61 Å². The summed E-state index contributed by atoms with van der Waals surface area (Å²) in [5, 5.41) is 6.59. The number of rotatable bonds is 7. The van der Waals surface area contributed by atoms with Gasteiger partial charge >= 0.3 is 0 Å². The maximum absolute atomic E-state index is 12.8. The predicted octanol–water partition coefficient (Wildman–Crippen LogP) is 4.26. The summed E-state index contributed by atoms with van der Waals surface area (Å²) in [5.74, 6) is 1.74. The number of halogens is 1. The highest BCUT2D eigenvalue weighted by molar-refractivity contribution is 5.85. The molecular weight excluding hydrogens is 400 g/mol. The molecular formula is C24H31ClN2O3. The first-order valence-corrected chi connectivity index (χ1v) is 10.5. The summed E-state index contributed by atoms with van der Waals surface area (Å²) in [5.41, 5.74) is 2.37. The minimum absolute atomic E-state index is 0. The third kappa shape index (κ3) is 4.90. The molecule has 1 aliphatic heterocycles. The van der Waals surface area contributed by atoms with E-state index in [1.54, 1.807) is 7.11 Å². The quantitative estimate of drug-likeness (QED) is 0.688. The highest BCUT2D eigenvalue weighted by atomic mass is 35.5. The van der Waals surface area contributed by atoms with E-state index in [1.165, 1.54) is 0 Å². The van der Waals surface area contributed by atoms with E-state index in [2.05, 4.69) is 10.6 Å². The lowest BCUT2D eigenvalue weighted by Crippen LogP contribution is -2.34. The summed E-state index contributed by atoms with van der Waals surface area (Å²) in [6.45, 7) is 4.57. The van der Waals surface area contributed by atoms with Crippen LogP contribution in [0.25, 0.3) is 0 Å². The SMILES string of the molecule is COc1cc(C(C)NC(=O)C2CC23CCNCC3)ccc1OCc1ccccc1.Cl. The monoisotopic (exact) mass is 430 g/mol. The Morgan fingerprint density at radius 1 is 1.17 bits per heavy atom. The Labute approximate surface area is 184 Å². The largest absolute Gasteiger partial charge is 0.493 e. The third-order valence-electron chi connectivity index (χ3n) is 6.39. The number of ether oxygens (including phenoxy) is 2. The summed E-state index contributed by atoms with van der Waals surface area (Å²) >= 11 is 0. The average Bonchev–Trinajstić information content (AvgIpc) is 3.46. The van der Waals surface area contributed by atoms with Crippen molar-refractivity contribution in [2.75, 3.05) is 20.2 Å². The van der Waals surface area contributed by atoms with E-state index in [0.29, 0.717) is 18.1 Å². The van der Waals surface area contributed by atoms with Crippen LogP contribution in [0.2, 0.25) is 0 Å². The standard InChI is InChI=1S/C24H30N2O3.ClH/c1-17(26-23(27)20-15-24(20)10-12-25-13-11-24)19-8-9-21(22(14-19)28-2)29-16-18-6-4-3-5-7-18;/h3-9,14,17,20,25H,10-13,15-16H2,1-2H3,(H,26,27);1H. The lowest BCUT2D eigenvalue weighted by atomic mass is 9.91. The Hall–Kier alpha value is -2.24. The van der Waals surface area contributed by atoms with Gasteiger partial charge in [0.05, 0.1) is 13.2 Å². The maximum atomic E-state index is 12.8. The van der Waals surface area contributed by atoms with E-state index in [1.807, 2.05) is 55.5 Å². The van der Waals surface area contributed by atoms with Crippen LogP contribution in [0.3, 0.4) is 0 Å². The summed E-state index contributed by atoms with van der Waals surface area (Å²) in [6, 6.07) is 15.9. The molecule has 162 valence electrons. The van der Waals surface area contributed by atoms with Crippen LogP contribution in [-0.2, 0) is 11.4 Å². The molecule has 2 fully saturated rings. The zero-order valence-corrected chi connectivity index (χ0v) is 18.5. The molecule has 2 N–H and O–H groups in total. The van der Waals surface area contributed by atoms with Crippen LogP contribution in [0.4, 0.5) is 0 Å². The van der Waals surface area contributed by atoms with Crippen molar-refractivity contribution in [3.05, 3.63) is 59.7 Å². The van der Waals surface area contributed by atoms with Gasteiger partial charge in [-0.15, -0.1) is 12.4 Å². The molecule has 30 heavy (non-hydrogen) atoms. The van der Waals surface area contributed by atoms with Gasteiger partial charge in [0.25, 0.3) is 0 Å². The van der Waals surface area contributed by atoms with Crippen LogP contribution in [0, 0.1) is 11.3 Å². The fourth-order valence-corrected chi connectivity index (χ4v) is 4.40. The number of carbonyl (C=O) groups excluding carboxylic acids is 1. The van der Waals surface area contributed by atoms with Crippen molar-refractivity contribution in [3.63, 3.8) is 0 Å². The van der Waals surface area contributed by atoms with E-state index >= 15 is 0 Å². The molecule has 4 rings (SSSR count). The molecule has 2 aromatic rings. The highest BCUT2D eigenvalue weighted by Crippen LogP contribution is 2.58. The molecule has 2 aliphatic rings. The van der Waals surface area contributed by atoms with Gasteiger partial charge in [-0.1, -0.05) is 36.4 Å². The second-order valence-electron chi connectivity index (χ2n) is 8.28. The molecule has 0 radical (unpaired) electrons. The predicted molar refractivity (Wildman–Crippen MR) is 120 cm³/mol. The summed E-state index contributed by atoms with van der Waals surface area (Å²) < 4.78 is 11.5. The number of methoxy groups -OCH3 is 1. The van der Waals surface area contributed by atoms with Crippen molar-refractivity contribution in [2.45, 2.75) is 38.8 Å². The van der Waals surface area contributed by atoms with Crippen molar-refractivity contribution in [2.24, 2.45) is 11.3 Å². The van der Waals surface area contributed by atoms with Gasteiger partial charge in [-0.05, 0) is 68.0 Å². The van der Waals surface area contributed by atoms with Gasteiger partial charge in [-0.25, -0.2) is 0 Å². The number of piperidine rings is 1. The first kappa shape index (κ1) is 22.4. The fourth-order valence-electron chi connectivity index (χ4n) is 4.40. The molecule has 2 atom stereocenters. The number of hydrogen-bond acceptors (Lipinski definition) is 4. The van der Waals surface area contributed by atoms with Crippen molar-refractivity contribution in [1.82, 2.24) is 10.6 Å². The zero-order chi connectivity index (χ0) is 20.3. The first-order chi connectivity index (χ1) is 14.1. The molecule has 1 saturated heterocycles. The lowest BCUT2D eigenvalue weighted by molar-refractivity contribution is -0.123. The van der Waals surface area contributed by atoms with Crippen LogP contribution in [0.15, 0.2) is 48.5 Å². The first-order valence-electron chi connectivity index (χ1n) is 10.5. The van der Waals surface area contributed by atoms with Crippen molar-refractivity contribution in [3.8, 4) is 11.5 Å². The van der Waals surface area contributed by atoms with Gasteiger partial charge in [0.15, 0.2) is 11.5 Å². The molecule has 2 aromatic carbocycles. The van der Waals surface area contributed by atoms with E-state index in [-0.39, 0.29) is 35.7 Å². The average molecular weight is 431 g/mol. The Balaban J connectivity index is 0.00000256. The number of nitrogens with one attached hydrogen (secondary N) is 2. The maximum Gasteiger partial charge on any atom is 0.224 e. The van der Waals surface area contributed by atoms with Crippen LogP contribution >= 0.6 is 12.4 Å². The van der Waals surface area contributed by atoms with Gasteiger partial charge < -0.3 is 20.1 Å². The van der Waals surface area contributed by atoms with Gasteiger partial charge in [-0.3, -0.25) is 4.79 Å². The molecule has 1 amide bonds. The smallest absolute Gasteiger partial charge is 0.224 e. The Morgan fingerprint density at radius 3 is 2.60 bits per heavy atom. The third-order valence-corrected chi connectivity index (χ3v) is 6.39. The van der Waals surface area contributed by atoms with E-state index < -0.39 is 0 Å². The lowest BCUT2D eigenvalue weighted by Gasteiger charge is -2.24. The number of amides is 1. The van der Waals surface area contributed by atoms with Crippen LogP contribution in [-0.4, -0.2) is 26.1 Å². The van der Waals surface area contributed by atoms with Gasteiger partial charge in [-0.2, -0.15) is 0 Å². The molecule has 0 aromatic heterocycles. The van der Waals surface area contributed by atoms with Gasteiger partial charge in [0.2, 0.25) is 5.91 Å². The normalized spacial score (nSPS) is 20.0. The van der Waals surface area contributed by atoms with E-state index in [0.717, 1.165) is 43.5 Å². The van der Waals surface area contributed by atoms with Crippen molar-refractivity contribution >= 4 is 18.3 Å². The number of carbonyl (C=O) groups is 1. The summed E-state index contributed by atoms with van der Waals surface area (Å²) in [6.07, 6.45) is 3.25. The minimum Gasteiger partial charge on any atom is -0.493 e. The van der Waals surface area contributed by atoms with Crippen molar-refractivity contribution < 1.29 is 14.3 Å². The molecule has 1 aliphatic carbocycles. The fraction of sp³-hybridized carbons (Fsp3) is 0.458. The van der Waals surface area contributed by atoms with E-state index in [9.17, 15) is 4.79 Å². The number of benzene rings is 2. The topological polar surface area (TPSA) is 59.6 Å². The van der Waals surface area contributed by atoms with Gasteiger partial charge in [0, 0.05) is 5.92 Å². The summed E-state index contributed by atoms with van der Waals surface area (Å²) in [4.78, 5) is 12.8. The second-order valence-corrected chi connectivity index (χ2v) is 8.28. The summed E-state index contributed by atoms with van der Waals surface area (Å²) in [7, 11) is 1.64. The molecule has 6 heteroatoms. The second kappa shape index (κ2) is 9.71.